The molecule has 3 fully saturated rings. The summed E-state index contributed by atoms with van der Waals surface area (Å²) in [7, 11) is 0. The van der Waals surface area contributed by atoms with Crippen LogP contribution in [-0.4, -0.2) is 41.4 Å². The highest BCUT2D eigenvalue weighted by Gasteiger charge is 2.49. The van der Waals surface area contributed by atoms with Gasteiger partial charge in [-0.3, -0.25) is 14.9 Å². The van der Waals surface area contributed by atoms with Crippen LogP contribution in [0.5, 0.6) is 0 Å². The first-order valence-electron chi connectivity index (χ1n) is 6.03. The number of hydrogen-bond acceptors (Lipinski definition) is 3. The number of nitrogens with zero attached hydrogens (tertiary/aromatic N) is 1. The fourth-order valence-electron chi connectivity index (χ4n) is 2.58. The molecule has 2 saturated heterocycles. The van der Waals surface area contributed by atoms with Crippen molar-refractivity contribution in [2.45, 2.75) is 31.2 Å². The number of hydrogen-bond donors (Lipinski definition) is 2. The van der Waals surface area contributed by atoms with Crippen LogP contribution in [-0.2, 0) is 9.59 Å². The van der Waals surface area contributed by atoms with Crippen LogP contribution in [0.25, 0.3) is 0 Å². The Balaban J connectivity index is 1.65. The molecular weight excluding hydrogens is 222 g/mol. The Bertz CT molecular complexity index is 395. The van der Waals surface area contributed by atoms with Gasteiger partial charge in [0.1, 0.15) is 5.54 Å². The molecule has 0 aromatic rings. The van der Waals surface area contributed by atoms with Gasteiger partial charge in [-0.2, -0.15) is 0 Å². The summed E-state index contributed by atoms with van der Waals surface area (Å²) in [5, 5.41) is 4.95. The molecular formula is C11H15N3O3. The van der Waals surface area contributed by atoms with E-state index in [4.69, 9.17) is 0 Å². The highest BCUT2D eigenvalue weighted by Crippen LogP contribution is 2.33. The predicted octanol–water partition coefficient (Wildman–Crippen LogP) is -0.403. The minimum absolute atomic E-state index is 0.213. The number of carbonyl (C=O) groups excluding carboxylic acids is 3. The van der Waals surface area contributed by atoms with Crippen molar-refractivity contribution in [1.82, 2.24) is 15.5 Å². The lowest BCUT2D eigenvalue weighted by Gasteiger charge is -2.37. The molecule has 0 bridgehead atoms. The second-order valence-corrected chi connectivity index (χ2v) is 5.09. The van der Waals surface area contributed by atoms with Gasteiger partial charge in [-0.05, 0) is 25.7 Å². The van der Waals surface area contributed by atoms with E-state index in [0.29, 0.717) is 25.9 Å². The monoisotopic (exact) mass is 237 g/mol. The van der Waals surface area contributed by atoms with Crippen LogP contribution in [0.15, 0.2) is 0 Å². The lowest BCUT2D eigenvalue weighted by atomic mass is 9.87. The van der Waals surface area contributed by atoms with E-state index >= 15 is 0 Å². The van der Waals surface area contributed by atoms with Crippen LogP contribution in [0.2, 0.25) is 0 Å². The van der Waals surface area contributed by atoms with E-state index in [-0.39, 0.29) is 17.7 Å². The summed E-state index contributed by atoms with van der Waals surface area (Å²) in [6, 6.07) is -0.419. The summed E-state index contributed by atoms with van der Waals surface area (Å²) in [6.07, 6.45) is 3.03. The molecule has 0 unspecified atom stereocenters. The highest BCUT2D eigenvalue weighted by molar-refractivity contribution is 6.07. The second-order valence-electron chi connectivity index (χ2n) is 5.09. The van der Waals surface area contributed by atoms with Gasteiger partial charge in [0.05, 0.1) is 0 Å². The van der Waals surface area contributed by atoms with E-state index in [2.05, 4.69) is 10.6 Å². The van der Waals surface area contributed by atoms with Crippen molar-refractivity contribution in [3.05, 3.63) is 0 Å². The molecule has 3 aliphatic rings. The Morgan fingerprint density at radius 3 is 2.35 bits per heavy atom. The Hall–Kier alpha value is -1.59. The number of carbonyl (C=O) groups is 3. The van der Waals surface area contributed by atoms with Gasteiger partial charge in [0.2, 0.25) is 5.91 Å². The molecule has 17 heavy (non-hydrogen) atoms. The van der Waals surface area contributed by atoms with Crippen molar-refractivity contribution < 1.29 is 14.4 Å². The maximum atomic E-state index is 11.8. The van der Waals surface area contributed by atoms with Crippen LogP contribution in [0.3, 0.4) is 0 Å². The van der Waals surface area contributed by atoms with E-state index in [1.807, 2.05) is 4.90 Å². The lowest BCUT2D eigenvalue weighted by Crippen LogP contribution is -2.56. The number of urea groups is 1. The summed E-state index contributed by atoms with van der Waals surface area (Å²) in [4.78, 5) is 36.5. The first kappa shape index (κ1) is 10.6. The first-order chi connectivity index (χ1) is 8.11. The Morgan fingerprint density at radius 2 is 1.88 bits per heavy atom. The molecule has 2 aliphatic heterocycles. The fraction of sp³-hybridized carbons (Fsp3) is 0.727. The quantitative estimate of drug-likeness (QED) is 0.609. The van der Waals surface area contributed by atoms with Gasteiger partial charge < -0.3 is 10.2 Å². The minimum atomic E-state index is -0.766. The summed E-state index contributed by atoms with van der Waals surface area (Å²) in [5.74, 6) is 0.182. The van der Waals surface area contributed by atoms with E-state index in [9.17, 15) is 14.4 Å². The Kier molecular flexibility index (Phi) is 2.14. The van der Waals surface area contributed by atoms with Crippen LogP contribution in [0, 0.1) is 5.92 Å². The molecule has 3 rings (SSSR count). The van der Waals surface area contributed by atoms with Gasteiger partial charge in [0, 0.05) is 19.0 Å². The van der Waals surface area contributed by atoms with Gasteiger partial charge in [-0.15, -0.1) is 0 Å². The molecule has 2 heterocycles. The van der Waals surface area contributed by atoms with Gasteiger partial charge in [0.15, 0.2) is 0 Å². The molecule has 92 valence electrons. The smallest absolute Gasteiger partial charge is 0.322 e. The van der Waals surface area contributed by atoms with Crippen molar-refractivity contribution >= 4 is 17.8 Å². The van der Waals surface area contributed by atoms with E-state index in [1.54, 1.807) is 0 Å². The fourth-order valence-corrected chi connectivity index (χ4v) is 2.58. The van der Waals surface area contributed by atoms with Gasteiger partial charge >= 0.3 is 6.03 Å². The maximum Gasteiger partial charge on any atom is 0.322 e. The summed E-state index contributed by atoms with van der Waals surface area (Å²) >= 11 is 0. The molecule has 1 spiro atoms. The standard InChI is InChI=1S/C11H15N3O3/c15-8(7-1-2-7)14-5-3-11(4-6-14)9(16)12-10(17)13-11/h7H,1-6H2,(H2,12,13,16,17). The third kappa shape index (κ3) is 1.67. The second kappa shape index (κ2) is 3.45. The Morgan fingerprint density at radius 1 is 1.24 bits per heavy atom. The van der Waals surface area contributed by atoms with Gasteiger partial charge in [-0.1, -0.05) is 0 Å². The van der Waals surface area contributed by atoms with Gasteiger partial charge in [-0.25, -0.2) is 4.79 Å². The van der Waals surface area contributed by atoms with Crippen LogP contribution in [0.1, 0.15) is 25.7 Å². The maximum absolute atomic E-state index is 11.8. The third-order valence-electron chi connectivity index (χ3n) is 3.87. The van der Waals surface area contributed by atoms with E-state index < -0.39 is 11.6 Å². The average Bonchev–Trinajstić information content (AvgIpc) is 3.09. The van der Waals surface area contributed by atoms with Crippen molar-refractivity contribution in [2.75, 3.05) is 13.1 Å². The first-order valence-corrected chi connectivity index (χ1v) is 6.03. The molecule has 0 aromatic carbocycles. The van der Waals surface area contributed by atoms with Crippen molar-refractivity contribution in [2.24, 2.45) is 5.92 Å². The number of nitrogens with one attached hydrogen (secondary N) is 2. The zero-order valence-electron chi connectivity index (χ0n) is 9.49. The third-order valence-corrected chi connectivity index (χ3v) is 3.87. The molecule has 0 atom stereocenters. The molecule has 1 saturated carbocycles. The zero-order valence-corrected chi connectivity index (χ0v) is 9.49. The number of rotatable bonds is 1. The topological polar surface area (TPSA) is 78.5 Å². The van der Waals surface area contributed by atoms with E-state index in [1.165, 1.54) is 0 Å². The predicted molar refractivity (Wildman–Crippen MR) is 57.9 cm³/mol. The largest absolute Gasteiger partial charge is 0.342 e. The highest BCUT2D eigenvalue weighted by atomic mass is 16.2. The summed E-state index contributed by atoms with van der Waals surface area (Å²) in [5.41, 5.74) is -0.766. The molecule has 1 aliphatic carbocycles. The molecule has 4 amide bonds. The zero-order chi connectivity index (χ0) is 12.0. The van der Waals surface area contributed by atoms with Crippen molar-refractivity contribution in [3.63, 3.8) is 0 Å². The lowest BCUT2D eigenvalue weighted by molar-refractivity contribution is -0.136. The van der Waals surface area contributed by atoms with E-state index in [0.717, 1.165) is 12.8 Å². The van der Waals surface area contributed by atoms with Crippen LogP contribution < -0.4 is 10.6 Å². The number of piperidine rings is 1. The average molecular weight is 237 g/mol. The molecule has 0 radical (unpaired) electrons. The minimum Gasteiger partial charge on any atom is -0.342 e. The summed E-state index contributed by atoms with van der Waals surface area (Å²) < 4.78 is 0. The molecule has 0 aromatic heterocycles. The SMILES string of the molecule is O=C1NC(=O)C2(CCN(C(=O)C3CC3)CC2)N1. The van der Waals surface area contributed by atoms with Crippen LogP contribution >= 0.6 is 0 Å². The van der Waals surface area contributed by atoms with Crippen LogP contribution in [0.4, 0.5) is 4.79 Å². The Labute approximate surface area is 98.7 Å². The molecule has 2 N–H and O–H groups in total. The molecule has 6 nitrogen and oxygen atoms in total. The summed E-state index contributed by atoms with van der Waals surface area (Å²) in [6.45, 7) is 1.12. The number of likely N-dealkylation sites (tertiary alicyclic amines) is 1. The molecule has 6 heteroatoms. The van der Waals surface area contributed by atoms with Crippen molar-refractivity contribution in [3.8, 4) is 0 Å². The number of imide groups is 1. The number of amides is 4. The van der Waals surface area contributed by atoms with Crippen molar-refractivity contribution in [1.29, 1.82) is 0 Å². The normalized spacial score (nSPS) is 26.9. The van der Waals surface area contributed by atoms with Gasteiger partial charge in [0.25, 0.3) is 5.91 Å².